The zero-order valence-corrected chi connectivity index (χ0v) is 9.90. The first kappa shape index (κ1) is 11.2. The van der Waals surface area contributed by atoms with Gasteiger partial charge in [0.1, 0.15) is 0 Å². The molecule has 1 aromatic heterocycles. The van der Waals surface area contributed by atoms with E-state index < -0.39 is 0 Å². The molecule has 0 aliphatic rings. The number of hydrogen-bond acceptors (Lipinski definition) is 2. The van der Waals surface area contributed by atoms with E-state index in [1.165, 1.54) is 9.88 Å². The second-order valence-corrected chi connectivity index (χ2v) is 4.38. The van der Waals surface area contributed by atoms with Gasteiger partial charge in [-0.05, 0) is 25.5 Å². The molecule has 1 atom stereocenters. The highest BCUT2D eigenvalue weighted by molar-refractivity contribution is 7.12. The van der Waals surface area contributed by atoms with Gasteiger partial charge in [-0.1, -0.05) is 26.5 Å². The Kier molecular flexibility index (Phi) is 4.08. The molecule has 1 aromatic rings. The largest absolute Gasteiger partial charge is 0.241 e. The quantitative estimate of drug-likeness (QED) is 0.716. The standard InChI is InChI=1S/C12H17NS/c1-5-8-11-10(7-3)13-12(14-11)9(4)6-2/h5,7-9H,3,6H2,1-2,4H3/b8-5-. The number of nitrogens with zero attached hydrogens (tertiary/aromatic N) is 1. The molecular weight excluding hydrogens is 190 g/mol. The van der Waals surface area contributed by atoms with E-state index in [2.05, 4.69) is 31.5 Å². The molecule has 0 bridgehead atoms. The van der Waals surface area contributed by atoms with E-state index >= 15 is 0 Å². The molecule has 0 N–H and O–H groups in total. The molecule has 0 saturated heterocycles. The summed E-state index contributed by atoms with van der Waals surface area (Å²) in [7, 11) is 0. The second-order valence-electron chi connectivity index (χ2n) is 3.32. The Balaban J connectivity index is 3.06. The fourth-order valence-electron chi connectivity index (χ4n) is 1.16. The molecule has 0 aliphatic heterocycles. The van der Waals surface area contributed by atoms with Crippen LogP contribution >= 0.6 is 11.3 Å². The van der Waals surface area contributed by atoms with Gasteiger partial charge >= 0.3 is 0 Å². The second kappa shape index (κ2) is 5.11. The van der Waals surface area contributed by atoms with Crippen LogP contribution in [0.3, 0.4) is 0 Å². The van der Waals surface area contributed by atoms with Crippen LogP contribution in [0.2, 0.25) is 0 Å². The molecule has 76 valence electrons. The van der Waals surface area contributed by atoms with Gasteiger partial charge in [0.05, 0.1) is 15.6 Å². The summed E-state index contributed by atoms with van der Waals surface area (Å²) in [5, 5.41) is 1.22. The summed E-state index contributed by atoms with van der Waals surface area (Å²) in [6.07, 6.45) is 7.11. The van der Waals surface area contributed by atoms with Crippen molar-refractivity contribution in [1.82, 2.24) is 4.98 Å². The fraction of sp³-hybridized carbons (Fsp3) is 0.417. The average molecular weight is 207 g/mol. The van der Waals surface area contributed by atoms with Gasteiger partial charge in [-0.15, -0.1) is 11.3 Å². The van der Waals surface area contributed by atoms with Crippen molar-refractivity contribution < 1.29 is 0 Å². The summed E-state index contributed by atoms with van der Waals surface area (Å²) in [5.74, 6) is 0.553. The molecule has 0 aliphatic carbocycles. The highest BCUT2D eigenvalue weighted by atomic mass is 32.1. The molecule has 0 aromatic carbocycles. The molecule has 1 heterocycles. The van der Waals surface area contributed by atoms with Gasteiger partial charge in [0.2, 0.25) is 0 Å². The molecule has 0 amide bonds. The molecule has 14 heavy (non-hydrogen) atoms. The Hall–Kier alpha value is -0.890. The average Bonchev–Trinajstić information content (AvgIpc) is 2.60. The minimum absolute atomic E-state index is 0.553. The van der Waals surface area contributed by atoms with Crippen molar-refractivity contribution in [3.63, 3.8) is 0 Å². The maximum Gasteiger partial charge on any atom is 0.0966 e. The minimum Gasteiger partial charge on any atom is -0.241 e. The number of rotatable bonds is 4. The molecule has 0 radical (unpaired) electrons. The van der Waals surface area contributed by atoms with Crippen LogP contribution in [0.25, 0.3) is 12.2 Å². The lowest BCUT2D eigenvalue weighted by atomic mass is 10.1. The summed E-state index contributed by atoms with van der Waals surface area (Å²) in [5.41, 5.74) is 1.02. The van der Waals surface area contributed by atoms with E-state index in [9.17, 15) is 0 Å². The van der Waals surface area contributed by atoms with Crippen molar-refractivity contribution in [2.45, 2.75) is 33.1 Å². The summed E-state index contributed by atoms with van der Waals surface area (Å²) < 4.78 is 0. The van der Waals surface area contributed by atoms with Crippen LogP contribution in [0.15, 0.2) is 12.7 Å². The number of thiazole rings is 1. The van der Waals surface area contributed by atoms with Gasteiger partial charge in [-0.25, -0.2) is 4.98 Å². The lowest BCUT2D eigenvalue weighted by molar-refractivity contribution is 0.726. The predicted octanol–water partition coefficient (Wildman–Crippen LogP) is 4.33. The van der Waals surface area contributed by atoms with Crippen molar-refractivity contribution >= 4 is 23.5 Å². The van der Waals surface area contributed by atoms with E-state index in [1.54, 1.807) is 11.3 Å². The van der Waals surface area contributed by atoms with E-state index in [-0.39, 0.29) is 0 Å². The Bertz CT molecular complexity index is 336. The smallest absolute Gasteiger partial charge is 0.0966 e. The Morgan fingerprint density at radius 2 is 2.29 bits per heavy atom. The maximum absolute atomic E-state index is 4.57. The van der Waals surface area contributed by atoms with Crippen molar-refractivity contribution in [3.8, 4) is 0 Å². The number of allylic oxidation sites excluding steroid dienone is 1. The molecule has 1 unspecified atom stereocenters. The lowest BCUT2D eigenvalue weighted by Crippen LogP contribution is -1.89. The highest BCUT2D eigenvalue weighted by Gasteiger charge is 2.10. The number of hydrogen-bond donors (Lipinski definition) is 0. The molecule has 0 fully saturated rings. The van der Waals surface area contributed by atoms with Crippen molar-refractivity contribution in [1.29, 1.82) is 0 Å². The Morgan fingerprint density at radius 3 is 2.79 bits per heavy atom. The zero-order chi connectivity index (χ0) is 10.6. The van der Waals surface area contributed by atoms with Crippen LogP contribution < -0.4 is 0 Å². The van der Waals surface area contributed by atoms with Crippen LogP contribution in [0.5, 0.6) is 0 Å². The van der Waals surface area contributed by atoms with Crippen LogP contribution in [0.1, 0.15) is 48.7 Å². The third-order valence-corrected chi connectivity index (χ3v) is 3.51. The Morgan fingerprint density at radius 1 is 1.57 bits per heavy atom. The first-order chi connectivity index (χ1) is 6.72. The summed E-state index contributed by atoms with van der Waals surface area (Å²) >= 11 is 1.77. The van der Waals surface area contributed by atoms with Crippen LogP contribution in [-0.2, 0) is 0 Å². The van der Waals surface area contributed by atoms with Gasteiger partial charge in [0.15, 0.2) is 0 Å². The van der Waals surface area contributed by atoms with Gasteiger partial charge in [-0.2, -0.15) is 0 Å². The summed E-state index contributed by atoms with van der Waals surface area (Å²) in [4.78, 5) is 5.79. The monoisotopic (exact) mass is 207 g/mol. The molecule has 1 nitrogen and oxygen atoms in total. The Labute approximate surface area is 90.2 Å². The molecule has 0 spiro atoms. The zero-order valence-electron chi connectivity index (χ0n) is 9.08. The van der Waals surface area contributed by atoms with E-state index in [1.807, 2.05) is 19.1 Å². The van der Waals surface area contributed by atoms with Gasteiger partial charge < -0.3 is 0 Å². The maximum atomic E-state index is 4.57. The van der Waals surface area contributed by atoms with Gasteiger partial charge in [0, 0.05) is 5.92 Å². The first-order valence-corrected chi connectivity index (χ1v) is 5.80. The number of aromatic nitrogens is 1. The van der Waals surface area contributed by atoms with Crippen LogP contribution in [0.4, 0.5) is 0 Å². The highest BCUT2D eigenvalue weighted by Crippen LogP contribution is 2.28. The minimum atomic E-state index is 0.553. The van der Waals surface area contributed by atoms with E-state index in [0.29, 0.717) is 5.92 Å². The predicted molar refractivity (Wildman–Crippen MR) is 65.6 cm³/mol. The van der Waals surface area contributed by atoms with Crippen LogP contribution in [0, 0.1) is 0 Å². The van der Waals surface area contributed by atoms with Gasteiger partial charge in [0.25, 0.3) is 0 Å². The third-order valence-electron chi connectivity index (χ3n) is 2.24. The van der Waals surface area contributed by atoms with Crippen molar-refractivity contribution in [2.75, 3.05) is 0 Å². The van der Waals surface area contributed by atoms with Gasteiger partial charge in [-0.3, -0.25) is 0 Å². The molecule has 0 saturated carbocycles. The molecular formula is C12H17NS. The normalized spacial score (nSPS) is 13.4. The fourth-order valence-corrected chi connectivity index (χ4v) is 2.34. The first-order valence-electron chi connectivity index (χ1n) is 4.98. The SMILES string of the molecule is C=Cc1nc(C(C)CC)sc1/C=C\C. The summed E-state index contributed by atoms with van der Waals surface area (Å²) in [6.45, 7) is 10.2. The van der Waals surface area contributed by atoms with Crippen molar-refractivity contribution in [3.05, 3.63) is 28.2 Å². The van der Waals surface area contributed by atoms with E-state index in [0.717, 1.165) is 12.1 Å². The molecule has 2 heteroatoms. The topological polar surface area (TPSA) is 12.9 Å². The van der Waals surface area contributed by atoms with Crippen LogP contribution in [-0.4, -0.2) is 4.98 Å². The summed E-state index contributed by atoms with van der Waals surface area (Å²) in [6, 6.07) is 0. The van der Waals surface area contributed by atoms with Crippen molar-refractivity contribution in [2.24, 2.45) is 0 Å². The third kappa shape index (κ3) is 2.32. The molecule has 1 rings (SSSR count). The van der Waals surface area contributed by atoms with E-state index in [4.69, 9.17) is 0 Å². The lowest BCUT2D eigenvalue weighted by Gasteiger charge is -2.01.